The molecule has 0 unspecified atom stereocenters. The molecule has 2 atom stereocenters. The Morgan fingerprint density at radius 2 is 2.14 bits per heavy atom. The van der Waals surface area contributed by atoms with Gasteiger partial charge in [-0.2, -0.15) is 0 Å². The van der Waals surface area contributed by atoms with Crippen LogP contribution in [0.4, 0.5) is 5.95 Å². The number of anilines is 1. The second-order valence-electron chi connectivity index (χ2n) is 6.12. The number of ether oxygens (including phenoxy) is 1. The fourth-order valence-electron chi connectivity index (χ4n) is 3.73. The predicted molar refractivity (Wildman–Crippen MR) is 77.9 cm³/mol. The van der Waals surface area contributed by atoms with Gasteiger partial charge in [-0.15, -0.1) is 0 Å². The van der Waals surface area contributed by atoms with Crippen molar-refractivity contribution in [1.82, 2.24) is 15.0 Å². The van der Waals surface area contributed by atoms with Crippen molar-refractivity contribution in [3.8, 4) is 0 Å². The van der Waals surface area contributed by atoms with Gasteiger partial charge in [0.15, 0.2) is 0 Å². The molecule has 0 spiro atoms. The molecule has 3 aliphatic heterocycles. The Bertz CT molecular complexity index is 549. The van der Waals surface area contributed by atoms with Crippen LogP contribution in [0.15, 0.2) is 18.5 Å². The Balaban J connectivity index is 1.61. The highest BCUT2D eigenvalue weighted by molar-refractivity contribution is 5.84. The van der Waals surface area contributed by atoms with Gasteiger partial charge in [0, 0.05) is 32.1 Å². The zero-order valence-electron chi connectivity index (χ0n) is 12.5. The second-order valence-corrected chi connectivity index (χ2v) is 6.12. The van der Waals surface area contributed by atoms with Gasteiger partial charge in [-0.05, 0) is 25.3 Å². The second kappa shape index (κ2) is 5.48. The lowest BCUT2D eigenvalue weighted by atomic mass is 9.75. The van der Waals surface area contributed by atoms with Gasteiger partial charge in [-0.3, -0.25) is 9.63 Å². The van der Waals surface area contributed by atoms with Crippen LogP contribution in [0.2, 0.25) is 0 Å². The molecule has 1 amide bonds. The first-order chi connectivity index (χ1) is 10.8. The van der Waals surface area contributed by atoms with Gasteiger partial charge < -0.3 is 9.64 Å². The van der Waals surface area contributed by atoms with Crippen molar-refractivity contribution < 1.29 is 14.4 Å². The van der Waals surface area contributed by atoms with E-state index in [1.165, 1.54) is 5.06 Å². The molecule has 0 bridgehead atoms. The summed E-state index contributed by atoms with van der Waals surface area (Å²) in [5.74, 6) is 0.746. The third-order valence-corrected chi connectivity index (χ3v) is 4.86. The summed E-state index contributed by atoms with van der Waals surface area (Å²) in [5.41, 5.74) is -0.526. The Labute approximate surface area is 129 Å². The van der Waals surface area contributed by atoms with E-state index in [0.29, 0.717) is 32.3 Å². The minimum atomic E-state index is -0.526. The van der Waals surface area contributed by atoms with E-state index in [1.807, 2.05) is 0 Å². The molecule has 4 heterocycles. The number of piperidine rings is 1. The maximum absolute atomic E-state index is 13.0. The van der Waals surface area contributed by atoms with Crippen LogP contribution in [0.3, 0.4) is 0 Å². The number of carbonyl (C=O) groups excluding carboxylic acids is 1. The van der Waals surface area contributed by atoms with Crippen molar-refractivity contribution in [3.63, 3.8) is 0 Å². The SMILES string of the molecule is O=C(N1CCCO1)[C@@]12CCO[C@@H]1CCN(c1ncccn1)C2. The molecule has 0 aliphatic carbocycles. The van der Waals surface area contributed by atoms with Crippen LogP contribution in [0.1, 0.15) is 19.3 Å². The monoisotopic (exact) mass is 304 g/mol. The first kappa shape index (κ1) is 13.9. The van der Waals surface area contributed by atoms with E-state index in [0.717, 1.165) is 25.8 Å². The molecule has 118 valence electrons. The van der Waals surface area contributed by atoms with Crippen LogP contribution in [0.5, 0.6) is 0 Å². The van der Waals surface area contributed by atoms with Crippen LogP contribution in [-0.2, 0) is 14.4 Å². The van der Waals surface area contributed by atoms with Crippen molar-refractivity contribution in [2.45, 2.75) is 25.4 Å². The number of nitrogens with zero attached hydrogens (tertiary/aromatic N) is 4. The zero-order chi connectivity index (χ0) is 15.0. The highest BCUT2D eigenvalue weighted by atomic mass is 16.7. The molecule has 0 saturated carbocycles. The smallest absolute Gasteiger partial charge is 0.256 e. The Hall–Kier alpha value is -1.73. The highest BCUT2D eigenvalue weighted by Gasteiger charge is 2.55. The molecule has 1 aromatic heterocycles. The minimum absolute atomic E-state index is 0.0239. The number of hydrogen-bond donors (Lipinski definition) is 0. The quantitative estimate of drug-likeness (QED) is 0.798. The summed E-state index contributed by atoms with van der Waals surface area (Å²) in [6, 6.07) is 1.80. The zero-order valence-corrected chi connectivity index (χ0v) is 12.5. The molecule has 0 radical (unpaired) electrons. The lowest BCUT2D eigenvalue weighted by Gasteiger charge is -2.43. The molecule has 0 aromatic carbocycles. The van der Waals surface area contributed by atoms with E-state index >= 15 is 0 Å². The van der Waals surface area contributed by atoms with Gasteiger partial charge in [-0.1, -0.05) is 0 Å². The number of aromatic nitrogens is 2. The van der Waals surface area contributed by atoms with Gasteiger partial charge >= 0.3 is 0 Å². The van der Waals surface area contributed by atoms with E-state index in [9.17, 15) is 4.79 Å². The predicted octanol–water partition coefficient (Wildman–Crippen LogP) is 0.626. The van der Waals surface area contributed by atoms with Gasteiger partial charge in [0.25, 0.3) is 5.91 Å². The van der Waals surface area contributed by atoms with E-state index < -0.39 is 5.41 Å². The number of rotatable bonds is 2. The van der Waals surface area contributed by atoms with Crippen LogP contribution in [0, 0.1) is 5.41 Å². The minimum Gasteiger partial charge on any atom is -0.377 e. The Morgan fingerprint density at radius 3 is 2.91 bits per heavy atom. The molecule has 0 N–H and O–H groups in total. The fraction of sp³-hybridized carbons (Fsp3) is 0.667. The standard InChI is InChI=1S/C15H20N4O3/c20-13(19-7-2-9-22-19)15-4-10-21-12(15)3-8-18(11-15)14-16-5-1-6-17-14/h1,5-6,12H,2-4,7-11H2/t12-,15-/m1/s1. The third kappa shape index (κ3) is 2.16. The normalized spacial score (nSPS) is 31.4. The molecule has 3 aliphatic rings. The summed E-state index contributed by atoms with van der Waals surface area (Å²) in [5, 5.41) is 1.54. The van der Waals surface area contributed by atoms with Crippen molar-refractivity contribution in [2.75, 3.05) is 37.7 Å². The van der Waals surface area contributed by atoms with E-state index in [-0.39, 0.29) is 12.0 Å². The molecule has 1 aromatic rings. The number of amides is 1. The Kier molecular flexibility index (Phi) is 3.46. The maximum atomic E-state index is 13.0. The summed E-state index contributed by atoms with van der Waals surface area (Å²) < 4.78 is 5.85. The summed E-state index contributed by atoms with van der Waals surface area (Å²) >= 11 is 0. The molecule has 4 rings (SSSR count). The number of carbonyl (C=O) groups is 1. The average Bonchev–Trinajstić information content (AvgIpc) is 3.24. The maximum Gasteiger partial charge on any atom is 0.256 e. The van der Waals surface area contributed by atoms with E-state index in [2.05, 4.69) is 14.9 Å². The molecule has 3 fully saturated rings. The van der Waals surface area contributed by atoms with Gasteiger partial charge in [0.05, 0.1) is 24.7 Å². The summed E-state index contributed by atoms with van der Waals surface area (Å²) in [6.07, 6.45) is 5.90. The first-order valence-electron chi connectivity index (χ1n) is 7.88. The molecular formula is C15H20N4O3. The number of hydroxylamine groups is 2. The molecule has 7 nitrogen and oxygen atoms in total. The number of fused-ring (bicyclic) bond motifs is 1. The molecule has 7 heteroatoms. The average molecular weight is 304 g/mol. The van der Waals surface area contributed by atoms with E-state index in [1.54, 1.807) is 18.5 Å². The van der Waals surface area contributed by atoms with Crippen LogP contribution in [0.25, 0.3) is 0 Å². The van der Waals surface area contributed by atoms with Crippen LogP contribution < -0.4 is 4.90 Å². The number of hydrogen-bond acceptors (Lipinski definition) is 6. The first-order valence-corrected chi connectivity index (χ1v) is 7.88. The van der Waals surface area contributed by atoms with Crippen molar-refractivity contribution in [2.24, 2.45) is 5.41 Å². The van der Waals surface area contributed by atoms with Crippen molar-refractivity contribution >= 4 is 11.9 Å². The fourth-order valence-corrected chi connectivity index (χ4v) is 3.73. The van der Waals surface area contributed by atoms with Gasteiger partial charge in [-0.25, -0.2) is 15.0 Å². The van der Waals surface area contributed by atoms with Crippen LogP contribution in [-0.4, -0.2) is 59.9 Å². The van der Waals surface area contributed by atoms with Gasteiger partial charge in [0.1, 0.15) is 0 Å². The lowest BCUT2D eigenvalue weighted by Crippen LogP contribution is -2.57. The van der Waals surface area contributed by atoms with Crippen LogP contribution >= 0.6 is 0 Å². The summed E-state index contributed by atoms with van der Waals surface area (Å²) in [7, 11) is 0. The van der Waals surface area contributed by atoms with E-state index in [4.69, 9.17) is 9.57 Å². The van der Waals surface area contributed by atoms with Crippen molar-refractivity contribution in [1.29, 1.82) is 0 Å². The highest BCUT2D eigenvalue weighted by Crippen LogP contribution is 2.43. The lowest BCUT2D eigenvalue weighted by molar-refractivity contribution is -0.184. The van der Waals surface area contributed by atoms with Gasteiger partial charge in [0.2, 0.25) is 5.95 Å². The third-order valence-electron chi connectivity index (χ3n) is 4.86. The molecule has 22 heavy (non-hydrogen) atoms. The topological polar surface area (TPSA) is 67.8 Å². The molecular weight excluding hydrogens is 284 g/mol. The molecule has 3 saturated heterocycles. The summed E-state index contributed by atoms with van der Waals surface area (Å²) in [4.78, 5) is 29.3. The largest absolute Gasteiger partial charge is 0.377 e. The van der Waals surface area contributed by atoms with Crippen molar-refractivity contribution in [3.05, 3.63) is 18.5 Å². The Morgan fingerprint density at radius 1 is 1.27 bits per heavy atom. The summed E-state index contributed by atoms with van der Waals surface area (Å²) in [6.45, 7) is 3.34.